The summed E-state index contributed by atoms with van der Waals surface area (Å²) >= 11 is 0. The number of nitrogens with one attached hydrogen (secondary N) is 1. The fraction of sp³-hybridized carbons (Fsp3) is 0.167. The van der Waals surface area contributed by atoms with E-state index in [4.69, 9.17) is 9.57 Å². The lowest BCUT2D eigenvalue weighted by Crippen LogP contribution is -2.44. The van der Waals surface area contributed by atoms with Crippen LogP contribution in [0.1, 0.15) is 13.3 Å². The Morgan fingerprint density at radius 3 is 2.48 bits per heavy atom. The Kier molecular flexibility index (Phi) is 4.65. The number of hydrogen-bond acceptors (Lipinski definition) is 5. The summed E-state index contributed by atoms with van der Waals surface area (Å²) < 4.78 is 6.31. The molecule has 0 amide bonds. The summed E-state index contributed by atoms with van der Waals surface area (Å²) in [6, 6.07) is 15.4. The highest BCUT2D eigenvalue weighted by molar-refractivity contribution is 5.78. The molecule has 0 aliphatic carbocycles. The second-order valence-corrected chi connectivity index (χ2v) is 5.31. The number of nitrogens with zero attached hydrogens (tertiary/aromatic N) is 1. The highest BCUT2D eigenvalue weighted by atomic mass is 16.7. The quantitative estimate of drug-likeness (QED) is 0.711. The monoisotopic (exact) mass is 340 g/mol. The van der Waals surface area contributed by atoms with Crippen molar-refractivity contribution in [2.24, 2.45) is 0 Å². The number of hydrogen-bond donors (Lipinski definition) is 1. The fourth-order valence-corrected chi connectivity index (χ4v) is 2.33. The molecule has 7 heteroatoms. The highest BCUT2D eigenvalue weighted by Gasteiger charge is 2.23. The Morgan fingerprint density at radius 2 is 1.76 bits per heavy atom. The molecule has 1 atom stereocenters. The molecule has 0 fully saturated rings. The summed E-state index contributed by atoms with van der Waals surface area (Å²) in [5, 5.41) is 0. The van der Waals surface area contributed by atoms with E-state index < -0.39 is 23.2 Å². The molecule has 25 heavy (non-hydrogen) atoms. The van der Waals surface area contributed by atoms with Crippen LogP contribution in [0.5, 0.6) is 5.75 Å². The van der Waals surface area contributed by atoms with Gasteiger partial charge in [0, 0.05) is 0 Å². The highest BCUT2D eigenvalue weighted by Crippen LogP contribution is 2.13. The van der Waals surface area contributed by atoms with E-state index in [2.05, 4.69) is 4.98 Å². The van der Waals surface area contributed by atoms with Crippen molar-refractivity contribution in [3.05, 3.63) is 75.3 Å². The number of fused-ring (bicyclic) bond motifs is 1. The van der Waals surface area contributed by atoms with Crippen molar-refractivity contribution < 1.29 is 14.4 Å². The van der Waals surface area contributed by atoms with Gasteiger partial charge in [-0.05, 0) is 30.7 Å². The Balaban J connectivity index is 1.92. The van der Waals surface area contributed by atoms with Gasteiger partial charge in [-0.3, -0.25) is 9.59 Å². The summed E-state index contributed by atoms with van der Waals surface area (Å²) in [6.07, 6.45) is -0.573. The standard InChI is InChI=1S/C18H16N2O5/c1-2-15(24-12-8-4-3-5-9-12)18(23)25-20-14-11-7-6-10-13(14)19-16(21)17(20)22/h3-11,15H,2H2,1H3,(H,19,21). The summed E-state index contributed by atoms with van der Waals surface area (Å²) in [6.45, 7) is 1.76. The zero-order valence-electron chi connectivity index (χ0n) is 13.5. The van der Waals surface area contributed by atoms with Gasteiger partial charge in [-0.1, -0.05) is 37.3 Å². The molecule has 1 aromatic heterocycles. The van der Waals surface area contributed by atoms with Crippen LogP contribution >= 0.6 is 0 Å². The maximum Gasteiger partial charge on any atom is 0.373 e. The average Bonchev–Trinajstić information content (AvgIpc) is 2.64. The Morgan fingerprint density at radius 1 is 1.08 bits per heavy atom. The molecule has 0 spiro atoms. The number of aromatic nitrogens is 2. The van der Waals surface area contributed by atoms with E-state index in [9.17, 15) is 14.4 Å². The maximum atomic E-state index is 12.4. The minimum absolute atomic E-state index is 0.287. The Hall–Kier alpha value is -3.35. The van der Waals surface area contributed by atoms with E-state index in [1.807, 2.05) is 6.07 Å². The van der Waals surface area contributed by atoms with Crippen LogP contribution in [0.4, 0.5) is 0 Å². The van der Waals surface area contributed by atoms with Crippen LogP contribution < -0.4 is 20.7 Å². The molecule has 1 heterocycles. The smallest absolute Gasteiger partial charge is 0.373 e. The van der Waals surface area contributed by atoms with E-state index in [-0.39, 0.29) is 5.52 Å². The van der Waals surface area contributed by atoms with Crippen molar-refractivity contribution in [2.75, 3.05) is 0 Å². The number of benzene rings is 2. The molecule has 0 aliphatic rings. The normalized spacial score (nSPS) is 11.9. The average molecular weight is 340 g/mol. The molecule has 0 saturated carbocycles. The first-order chi connectivity index (χ1) is 12.1. The Bertz CT molecular complexity index is 1010. The van der Waals surface area contributed by atoms with Crippen LogP contribution in [-0.4, -0.2) is 21.8 Å². The maximum absolute atomic E-state index is 12.4. The molecule has 1 unspecified atom stereocenters. The van der Waals surface area contributed by atoms with Gasteiger partial charge in [-0.25, -0.2) is 4.79 Å². The summed E-state index contributed by atoms with van der Waals surface area (Å²) in [4.78, 5) is 43.9. The molecule has 128 valence electrons. The van der Waals surface area contributed by atoms with Gasteiger partial charge in [0.05, 0.1) is 5.52 Å². The topological polar surface area (TPSA) is 90.4 Å². The number of ether oxygens (including phenoxy) is 1. The summed E-state index contributed by atoms with van der Waals surface area (Å²) in [5.41, 5.74) is -1.17. The first-order valence-electron chi connectivity index (χ1n) is 7.78. The van der Waals surface area contributed by atoms with Crippen molar-refractivity contribution in [2.45, 2.75) is 19.4 Å². The van der Waals surface area contributed by atoms with Crippen LogP contribution in [0.3, 0.4) is 0 Å². The number of carbonyl (C=O) groups is 1. The lowest BCUT2D eigenvalue weighted by atomic mass is 10.2. The van der Waals surface area contributed by atoms with Crippen LogP contribution in [0.15, 0.2) is 64.2 Å². The van der Waals surface area contributed by atoms with Crippen molar-refractivity contribution >= 4 is 17.0 Å². The van der Waals surface area contributed by atoms with E-state index in [0.29, 0.717) is 22.4 Å². The third kappa shape index (κ3) is 3.45. The largest absolute Gasteiger partial charge is 0.479 e. The first kappa shape index (κ1) is 16.5. The molecule has 3 aromatic rings. The van der Waals surface area contributed by atoms with E-state index >= 15 is 0 Å². The van der Waals surface area contributed by atoms with Gasteiger partial charge in [-0.2, -0.15) is 0 Å². The van der Waals surface area contributed by atoms with Gasteiger partial charge in [0.15, 0.2) is 6.10 Å². The van der Waals surface area contributed by atoms with Crippen LogP contribution in [0.2, 0.25) is 0 Å². The number of aromatic amines is 1. The lowest BCUT2D eigenvalue weighted by molar-refractivity contribution is -0.152. The molecule has 2 aromatic carbocycles. The molecule has 0 bridgehead atoms. The van der Waals surface area contributed by atoms with Crippen molar-refractivity contribution in [1.82, 2.24) is 9.71 Å². The van der Waals surface area contributed by atoms with Crippen LogP contribution in [0.25, 0.3) is 11.0 Å². The van der Waals surface area contributed by atoms with Gasteiger partial charge in [-0.15, -0.1) is 4.73 Å². The van der Waals surface area contributed by atoms with Gasteiger partial charge in [0.1, 0.15) is 11.3 Å². The van der Waals surface area contributed by atoms with Gasteiger partial charge < -0.3 is 14.6 Å². The number of para-hydroxylation sites is 3. The molecular formula is C18H16N2O5. The molecule has 0 radical (unpaired) electrons. The molecule has 3 rings (SSSR count). The van der Waals surface area contributed by atoms with Crippen LogP contribution in [-0.2, 0) is 4.79 Å². The first-order valence-corrected chi connectivity index (χ1v) is 7.78. The number of carbonyl (C=O) groups excluding carboxylic acids is 1. The molecule has 1 N–H and O–H groups in total. The van der Waals surface area contributed by atoms with Crippen molar-refractivity contribution in [1.29, 1.82) is 0 Å². The molecule has 0 aliphatic heterocycles. The molecule has 7 nitrogen and oxygen atoms in total. The van der Waals surface area contributed by atoms with Gasteiger partial charge in [0.25, 0.3) is 0 Å². The van der Waals surface area contributed by atoms with E-state index in [1.165, 1.54) is 0 Å². The minimum Gasteiger partial charge on any atom is -0.479 e. The second kappa shape index (κ2) is 7.04. The number of rotatable bonds is 5. The van der Waals surface area contributed by atoms with E-state index in [1.54, 1.807) is 55.5 Å². The number of H-pyrrole nitrogens is 1. The zero-order chi connectivity index (χ0) is 17.8. The summed E-state index contributed by atoms with van der Waals surface area (Å²) in [7, 11) is 0. The van der Waals surface area contributed by atoms with Crippen molar-refractivity contribution in [3.8, 4) is 5.75 Å². The van der Waals surface area contributed by atoms with E-state index in [0.717, 1.165) is 0 Å². The zero-order valence-corrected chi connectivity index (χ0v) is 13.5. The molecule has 0 saturated heterocycles. The fourth-order valence-electron chi connectivity index (χ4n) is 2.33. The summed E-state index contributed by atoms with van der Waals surface area (Å²) in [5.74, 6) is -0.251. The van der Waals surface area contributed by atoms with Gasteiger partial charge >= 0.3 is 17.1 Å². The van der Waals surface area contributed by atoms with Crippen molar-refractivity contribution in [3.63, 3.8) is 0 Å². The second-order valence-electron chi connectivity index (χ2n) is 5.31. The SMILES string of the molecule is CCC(Oc1ccccc1)C(=O)On1c(=O)c(=O)[nH]c2ccccc21. The lowest BCUT2D eigenvalue weighted by Gasteiger charge is -2.17. The van der Waals surface area contributed by atoms with Crippen LogP contribution in [0, 0.1) is 0 Å². The third-order valence-electron chi connectivity index (χ3n) is 3.59. The van der Waals surface area contributed by atoms with Gasteiger partial charge in [0.2, 0.25) is 0 Å². The molecular weight excluding hydrogens is 324 g/mol. The third-order valence-corrected chi connectivity index (χ3v) is 3.59. The predicted molar refractivity (Wildman–Crippen MR) is 91.6 cm³/mol. The minimum atomic E-state index is -0.971. The predicted octanol–water partition coefficient (Wildman–Crippen LogP) is 1.50. The Labute approximate surface area is 142 Å².